The second-order valence-corrected chi connectivity index (χ2v) is 5.78. The van der Waals surface area contributed by atoms with Gasteiger partial charge in [0.05, 0.1) is 5.54 Å². The highest BCUT2D eigenvalue weighted by atomic mass is 16.6. The minimum absolute atomic E-state index is 0.0255. The summed E-state index contributed by atoms with van der Waals surface area (Å²) < 4.78 is 5.46. The summed E-state index contributed by atoms with van der Waals surface area (Å²) in [4.78, 5) is 14.0. The SMILES string of the molecule is CC(C)(C)OC(=O)N1CCC[C@]12C=CCC2. The molecule has 1 spiro atoms. The van der Waals surface area contributed by atoms with Gasteiger partial charge in [-0.15, -0.1) is 0 Å². The highest BCUT2D eigenvalue weighted by Crippen LogP contribution is 2.39. The summed E-state index contributed by atoms with van der Waals surface area (Å²) in [5, 5.41) is 0. The molecule has 1 atom stereocenters. The van der Waals surface area contributed by atoms with Crippen molar-refractivity contribution in [1.29, 1.82) is 0 Å². The average Bonchev–Trinajstić information content (AvgIpc) is 2.74. The van der Waals surface area contributed by atoms with Crippen LogP contribution in [-0.2, 0) is 4.74 Å². The fraction of sp³-hybridized carbons (Fsp3) is 0.769. The Bertz CT molecular complexity index is 316. The zero-order valence-electron chi connectivity index (χ0n) is 10.5. The molecule has 16 heavy (non-hydrogen) atoms. The number of hydrogen-bond donors (Lipinski definition) is 0. The van der Waals surface area contributed by atoms with Crippen LogP contribution >= 0.6 is 0 Å². The van der Waals surface area contributed by atoms with Crippen LogP contribution in [0.1, 0.15) is 46.5 Å². The number of nitrogens with zero attached hydrogens (tertiary/aromatic N) is 1. The number of carbonyl (C=O) groups is 1. The maximum Gasteiger partial charge on any atom is 0.410 e. The molecule has 1 heterocycles. The zero-order valence-corrected chi connectivity index (χ0v) is 10.5. The van der Waals surface area contributed by atoms with Gasteiger partial charge in [-0.1, -0.05) is 12.2 Å². The summed E-state index contributed by atoms with van der Waals surface area (Å²) in [5.74, 6) is 0. The lowest BCUT2D eigenvalue weighted by atomic mass is 9.96. The summed E-state index contributed by atoms with van der Waals surface area (Å²) in [6, 6.07) is 0. The maximum atomic E-state index is 12.1. The van der Waals surface area contributed by atoms with Crippen LogP contribution in [0.4, 0.5) is 4.79 Å². The molecule has 0 radical (unpaired) electrons. The molecule has 2 rings (SSSR count). The zero-order chi connectivity index (χ0) is 11.8. The van der Waals surface area contributed by atoms with Crippen molar-refractivity contribution in [3.05, 3.63) is 12.2 Å². The lowest BCUT2D eigenvalue weighted by Gasteiger charge is -2.35. The molecule has 0 bridgehead atoms. The Morgan fingerprint density at radius 1 is 1.38 bits per heavy atom. The maximum absolute atomic E-state index is 12.1. The van der Waals surface area contributed by atoms with Crippen LogP contribution in [-0.4, -0.2) is 28.7 Å². The van der Waals surface area contributed by atoms with Crippen LogP contribution in [0.5, 0.6) is 0 Å². The number of hydrogen-bond acceptors (Lipinski definition) is 2. The van der Waals surface area contributed by atoms with Crippen LogP contribution in [0, 0.1) is 0 Å². The van der Waals surface area contributed by atoms with Gasteiger partial charge in [-0.05, 0) is 46.5 Å². The lowest BCUT2D eigenvalue weighted by Crippen LogP contribution is -2.46. The molecule has 3 nitrogen and oxygen atoms in total. The summed E-state index contributed by atoms with van der Waals surface area (Å²) in [7, 11) is 0. The number of likely N-dealkylation sites (tertiary alicyclic amines) is 1. The first-order valence-electron chi connectivity index (χ1n) is 6.11. The van der Waals surface area contributed by atoms with Crippen LogP contribution in [0.2, 0.25) is 0 Å². The molecule has 0 aromatic heterocycles. The third kappa shape index (κ3) is 2.08. The first-order chi connectivity index (χ1) is 7.43. The number of carbonyl (C=O) groups excluding carboxylic acids is 1. The van der Waals surface area contributed by atoms with Crippen molar-refractivity contribution in [2.24, 2.45) is 0 Å². The second kappa shape index (κ2) is 3.79. The fourth-order valence-corrected chi connectivity index (χ4v) is 2.64. The van der Waals surface area contributed by atoms with Crippen molar-refractivity contribution >= 4 is 6.09 Å². The van der Waals surface area contributed by atoms with Crippen LogP contribution < -0.4 is 0 Å². The van der Waals surface area contributed by atoms with E-state index in [1.807, 2.05) is 25.7 Å². The van der Waals surface area contributed by atoms with E-state index in [2.05, 4.69) is 12.2 Å². The third-order valence-corrected chi connectivity index (χ3v) is 3.31. The molecule has 1 fully saturated rings. The van der Waals surface area contributed by atoms with E-state index in [0.29, 0.717) is 0 Å². The third-order valence-electron chi connectivity index (χ3n) is 3.31. The van der Waals surface area contributed by atoms with E-state index in [0.717, 1.165) is 32.2 Å². The minimum atomic E-state index is -0.400. The summed E-state index contributed by atoms with van der Waals surface area (Å²) in [5.41, 5.74) is -0.425. The van der Waals surface area contributed by atoms with Crippen molar-refractivity contribution in [3.63, 3.8) is 0 Å². The quantitative estimate of drug-likeness (QED) is 0.590. The van der Waals surface area contributed by atoms with Crippen molar-refractivity contribution in [3.8, 4) is 0 Å². The molecule has 1 aliphatic heterocycles. The molecule has 0 saturated carbocycles. The first-order valence-corrected chi connectivity index (χ1v) is 6.11. The Morgan fingerprint density at radius 3 is 2.69 bits per heavy atom. The van der Waals surface area contributed by atoms with Gasteiger partial charge in [0, 0.05) is 6.54 Å². The van der Waals surface area contributed by atoms with Gasteiger partial charge in [0.2, 0.25) is 0 Å². The normalized spacial score (nSPS) is 29.1. The monoisotopic (exact) mass is 223 g/mol. The fourth-order valence-electron chi connectivity index (χ4n) is 2.64. The largest absolute Gasteiger partial charge is 0.444 e. The molecule has 3 heteroatoms. The van der Waals surface area contributed by atoms with Gasteiger partial charge < -0.3 is 4.74 Å². The molecule has 1 saturated heterocycles. The lowest BCUT2D eigenvalue weighted by molar-refractivity contribution is 0.0147. The number of rotatable bonds is 0. The van der Waals surface area contributed by atoms with Gasteiger partial charge in [-0.2, -0.15) is 0 Å². The van der Waals surface area contributed by atoms with Gasteiger partial charge in [0.1, 0.15) is 5.60 Å². The van der Waals surface area contributed by atoms with Crippen molar-refractivity contribution in [2.45, 2.75) is 57.6 Å². The first kappa shape index (κ1) is 11.5. The summed E-state index contributed by atoms with van der Waals surface area (Å²) in [6.45, 7) is 6.58. The van der Waals surface area contributed by atoms with Crippen LogP contribution in [0.3, 0.4) is 0 Å². The molecule has 1 aliphatic carbocycles. The van der Waals surface area contributed by atoms with Crippen LogP contribution in [0.15, 0.2) is 12.2 Å². The molecule has 1 amide bonds. The van der Waals surface area contributed by atoms with Crippen molar-refractivity contribution in [2.75, 3.05) is 6.54 Å². The Morgan fingerprint density at radius 2 is 2.12 bits per heavy atom. The highest BCUT2D eigenvalue weighted by molar-refractivity contribution is 5.70. The predicted molar refractivity (Wildman–Crippen MR) is 63.3 cm³/mol. The van der Waals surface area contributed by atoms with Gasteiger partial charge in [0.15, 0.2) is 0 Å². The van der Waals surface area contributed by atoms with Gasteiger partial charge in [-0.3, -0.25) is 4.90 Å². The van der Waals surface area contributed by atoms with E-state index >= 15 is 0 Å². The highest BCUT2D eigenvalue weighted by Gasteiger charge is 2.44. The van der Waals surface area contributed by atoms with E-state index < -0.39 is 5.60 Å². The van der Waals surface area contributed by atoms with E-state index in [4.69, 9.17) is 4.74 Å². The molecular formula is C13H21NO2. The Labute approximate surface area is 97.5 Å². The Hall–Kier alpha value is -0.990. The van der Waals surface area contributed by atoms with Crippen LogP contribution in [0.25, 0.3) is 0 Å². The molecule has 2 aliphatic rings. The topological polar surface area (TPSA) is 29.5 Å². The van der Waals surface area contributed by atoms with E-state index in [1.54, 1.807) is 0 Å². The molecule has 0 aromatic rings. The summed E-state index contributed by atoms with van der Waals surface area (Å²) >= 11 is 0. The smallest absolute Gasteiger partial charge is 0.410 e. The van der Waals surface area contributed by atoms with E-state index in [-0.39, 0.29) is 11.6 Å². The number of allylic oxidation sites excluding steroid dienone is 1. The van der Waals surface area contributed by atoms with E-state index in [9.17, 15) is 4.79 Å². The Kier molecular flexibility index (Phi) is 2.72. The molecule has 0 aromatic carbocycles. The van der Waals surface area contributed by atoms with Gasteiger partial charge in [-0.25, -0.2) is 4.79 Å². The molecule has 0 N–H and O–H groups in total. The predicted octanol–water partition coefficient (Wildman–Crippen LogP) is 3.11. The van der Waals surface area contributed by atoms with Crippen molar-refractivity contribution in [1.82, 2.24) is 4.90 Å². The molecule has 90 valence electrons. The number of ether oxygens (including phenoxy) is 1. The van der Waals surface area contributed by atoms with E-state index in [1.165, 1.54) is 0 Å². The number of amides is 1. The summed E-state index contributed by atoms with van der Waals surface area (Å²) in [6.07, 6.45) is 8.54. The standard InChI is InChI=1S/C13H21NO2/c1-12(2,3)16-11(15)14-10-6-9-13(14)7-4-5-8-13/h4,7H,5-6,8-10H2,1-3H3/t13-/m1/s1. The average molecular weight is 223 g/mol. The van der Waals surface area contributed by atoms with Crippen molar-refractivity contribution < 1.29 is 9.53 Å². The Balaban J connectivity index is 2.09. The van der Waals surface area contributed by atoms with Gasteiger partial charge in [0.25, 0.3) is 0 Å². The van der Waals surface area contributed by atoms with Gasteiger partial charge >= 0.3 is 6.09 Å². The molecular weight excluding hydrogens is 202 g/mol. The minimum Gasteiger partial charge on any atom is -0.444 e. The molecule has 0 unspecified atom stereocenters. The second-order valence-electron chi connectivity index (χ2n) is 5.78.